The van der Waals surface area contributed by atoms with Crippen LogP contribution in [0.2, 0.25) is 10.0 Å². The fourth-order valence-electron chi connectivity index (χ4n) is 1.64. The average Bonchev–Trinajstić information content (AvgIpc) is 2.68. The summed E-state index contributed by atoms with van der Waals surface area (Å²) in [6, 6.07) is 5.14. The number of nitrogens with zero attached hydrogens (tertiary/aromatic N) is 2. The number of benzene rings is 1. The topological polar surface area (TPSA) is 38.0 Å². The Hall–Kier alpha value is -1.03. The summed E-state index contributed by atoms with van der Waals surface area (Å²) in [5, 5.41) is 15.1. The molecule has 0 aliphatic rings. The second kappa shape index (κ2) is 5.08. The van der Waals surface area contributed by atoms with Gasteiger partial charge in [0.1, 0.15) is 0 Å². The molecule has 1 unspecified atom stereocenters. The summed E-state index contributed by atoms with van der Waals surface area (Å²) in [5.74, 6) is 0. The lowest BCUT2D eigenvalue weighted by atomic mass is 10.0. The zero-order valence-electron chi connectivity index (χ0n) is 9.27. The van der Waals surface area contributed by atoms with Crippen molar-refractivity contribution >= 4 is 23.2 Å². The van der Waals surface area contributed by atoms with E-state index in [4.69, 9.17) is 23.2 Å². The van der Waals surface area contributed by atoms with Crippen LogP contribution in [-0.4, -0.2) is 14.9 Å². The molecule has 1 atom stereocenters. The van der Waals surface area contributed by atoms with Crippen molar-refractivity contribution in [3.63, 3.8) is 0 Å². The number of hydrogen-bond acceptors (Lipinski definition) is 2. The normalized spacial score (nSPS) is 12.7. The van der Waals surface area contributed by atoms with Gasteiger partial charge in [0.05, 0.1) is 22.3 Å². The molecule has 1 N–H and O–H groups in total. The lowest BCUT2D eigenvalue weighted by Gasteiger charge is -2.10. The standard InChI is InChI=1S/C12H12Cl2N2O/c1-16-7-8(6-15-16)4-12(17)9-2-3-10(13)11(14)5-9/h2-3,5-7,12,17H,4H2,1H3. The predicted molar refractivity (Wildman–Crippen MR) is 68.3 cm³/mol. The van der Waals surface area contributed by atoms with Gasteiger partial charge < -0.3 is 5.11 Å². The second-order valence-corrected chi connectivity index (χ2v) is 4.73. The molecule has 2 rings (SSSR count). The van der Waals surface area contributed by atoms with Gasteiger partial charge in [-0.2, -0.15) is 5.10 Å². The lowest BCUT2D eigenvalue weighted by molar-refractivity contribution is 0.178. The van der Waals surface area contributed by atoms with Crippen LogP contribution in [0.4, 0.5) is 0 Å². The number of hydrogen-bond donors (Lipinski definition) is 1. The fourth-order valence-corrected chi connectivity index (χ4v) is 1.94. The molecule has 0 saturated heterocycles. The Morgan fingerprint density at radius 3 is 2.71 bits per heavy atom. The van der Waals surface area contributed by atoms with Crippen molar-refractivity contribution in [3.8, 4) is 0 Å². The third kappa shape index (κ3) is 3.00. The Labute approximate surface area is 110 Å². The summed E-state index contributed by atoms with van der Waals surface area (Å²) in [7, 11) is 1.84. The number of aliphatic hydroxyl groups excluding tert-OH is 1. The molecule has 2 aromatic rings. The van der Waals surface area contributed by atoms with E-state index < -0.39 is 6.10 Å². The van der Waals surface area contributed by atoms with Gasteiger partial charge in [-0.15, -0.1) is 0 Å². The summed E-state index contributed by atoms with van der Waals surface area (Å²) >= 11 is 11.7. The average molecular weight is 271 g/mol. The van der Waals surface area contributed by atoms with Crippen LogP contribution >= 0.6 is 23.2 Å². The SMILES string of the molecule is Cn1cc(CC(O)c2ccc(Cl)c(Cl)c2)cn1. The van der Waals surface area contributed by atoms with Crippen molar-refractivity contribution in [2.45, 2.75) is 12.5 Å². The van der Waals surface area contributed by atoms with E-state index in [1.807, 2.05) is 13.2 Å². The molecule has 0 saturated carbocycles. The number of aliphatic hydroxyl groups is 1. The minimum atomic E-state index is -0.603. The molecule has 1 aromatic heterocycles. The Bertz CT molecular complexity index is 525. The molecular weight excluding hydrogens is 259 g/mol. The first-order valence-electron chi connectivity index (χ1n) is 5.17. The van der Waals surface area contributed by atoms with E-state index in [0.717, 1.165) is 11.1 Å². The molecule has 0 fully saturated rings. The largest absolute Gasteiger partial charge is 0.388 e. The molecule has 0 radical (unpaired) electrons. The van der Waals surface area contributed by atoms with Gasteiger partial charge in [-0.3, -0.25) is 4.68 Å². The Balaban J connectivity index is 2.14. The van der Waals surface area contributed by atoms with Crippen molar-refractivity contribution in [3.05, 3.63) is 51.8 Å². The number of rotatable bonds is 3. The third-order valence-electron chi connectivity index (χ3n) is 2.52. The molecule has 0 spiro atoms. The van der Waals surface area contributed by atoms with E-state index >= 15 is 0 Å². The molecule has 0 bridgehead atoms. The van der Waals surface area contributed by atoms with Crippen molar-refractivity contribution in [2.75, 3.05) is 0 Å². The quantitative estimate of drug-likeness (QED) is 0.931. The summed E-state index contributed by atoms with van der Waals surface area (Å²) in [6.07, 6.45) is 3.52. The summed E-state index contributed by atoms with van der Waals surface area (Å²) in [5.41, 5.74) is 1.73. The van der Waals surface area contributed by atoms with Crippen LogP contribution in [0.5, 0.6) is 0 Å². The van der Waals surface area contributed by atoms with Gasteiger partial charge in [0.15, 0.2) is 0 Å². The molecule has 1 aromatic carbocycles. The minimum Gasteiger partial charge on any atom is -0.388 e. The van der Waals surface area contributed by atoms with E-state index in [-0.39, 0.29) is 0 Å². The first-order valence-corrected chi connectivity index (χ1v) is 5.92. The van der Waals surface area contributed by atoms with Crippen LogP contribution in [0.3, 0.4) is 0 Å². The molecule has 3 nitrogen and oxygen atoms in total. The van der Waals surface area contributed by atoms with Crippen LogP contribution in [-0.2, 0) is 13.5 Å². The van der Waals surface area contributed by atoms with Crippen molar-refractivity contribution in [2.24, 2.45) is 7.05 Å². The monoisotopic (exact) mass is 270 g/mol. The zero-order valence-corrected chi connectivity index (χ0v) is 10.8. The zero-order chi connectivity index (χ0) is 12.4. The number of aryl methyl sites for hydroxylation is 1. The molecule has 0 aliphatic carbocycles. The molecule has 0 amide bonds. The van der Waals surface area contributed by atoms with Crippen molar-refractivity contribution in [1.29, 1.82) is 0 Å². The van der Waals surface area contributed by atoms with Gasteiger partial charge in [-0.25, -0.2) is 0 Å². The van der Waals surface area contributed by atoms with Crippen molar-refractivity contribution in [1.82, 2.24) is 9.78 Å². The van der Waals surface area contributed by atoms with E-state index in [9.17, 15) is 5.11 Å². The molecule has 1 heterocycles. The van der Waals surface area contributed by atoms with Gasteiger partial charge in [0, 0.05) is 19.7 Å². The van der Waals surface area contributed by atoms with E-state index in [1.54, 1.807) is 29.1 Å². The summed E-state index contributed by atoms with van der Waals surface area (Å²) in [6.45, 7) is 0. The maximum absolute atomic E-state index is 10.1. The van der Waals surface area contributed by atoms with Crippen LogP contribution < -0.4 is 0 Å². The highest BCUT2D eigenvalue weighted by Gasteiger charge is 2.11. The maximum atomic E-state index is 10.1. The predicted octanol–water partition coefficient (Wildman–Crippen LogP) is 3.00. The van der Waals surface area contributed by atoms with Gasteiger partial charge in [-0.05, 0) is 23.3 Å². The highest BCUT2D eigenvalue weighted by Crippen LogP contribution is 2.27. The van der Waals surface area contributed by atoms with E-state index in [2.05, 4.69) is 5.10 Å². The minimum absolute atomic E-state index is 0.453. The highest BCUT2D eigenvalue weighted by atomic mass is 35.5. The van der Waals surface area contributed by atoms with Crippen molar-refractivity contribution < 1.29 is 5.11 Å². The summed E-state index contributed by atoms with van der Waals surface area (Å²) in [4.78, 5) is 0. The first kappa shape index (κ1) is 12.4. The number of aromatic nitrogens is 2. The number of halogens is 2. The van der Waals surface area contributed by atoms with Crippen LogP contribution in [0.15, 0.2) is 30.6 Å². The molecule has 17 heavy (non-hydrogen) atoms. The molecule has 90 valence electrons. The van der Waals surface area contributed by atoms with E-state index in [0.29, 0.717) is 16.5 Å². The van der Waals surface area contributed by atoms with Crippen LogP contribution in [0.25, 0.3) is 0 Å². The molecule has 0 aliphatic heterocycles. The lowest BCUT2D eigenvalue weighted by Crippen LogP contribution is -2.01. The first-order chi connectivity index (χ1) is 8.06. The molecule has 5 heteroatoms. The Kier molecular flexibility index (Phi) is 3.72. The van der Waals surface area contributed by atoms with Gasteiger partial charge >= 0.3 is 0 Å². The van der Waals surface area contributed by atoms with Crippen LogP contribution in [0, 0.1) is 0 Å². The fraction of sp³-hybridized carbons (Fsp3) is 0.250. The van der Waals surface area contributed by atoms with Gasteiger partial charge in [-0.1, -0.05) is 29.3 Å². The highest BCUT2D eigenvalue weighted by molar-refractivity contribution is 6.42. The maximum Gasteiger partial charge on any atom is 0.0832 e. The Morgan fingerprint density at radius 1 is 1.35 bits per heavy atom. The Morgan fingerprint density at radius 2 is 2.12 bits per heavy atom. The van der Waals surface area contributed by atoms with Crippen LogP contribution in [0.1, 0.15) is 17.2 Å². The second-order valence-electron chi connectivity index (χ2n) is 3.92. The summed E-state index contributed by atoms with van der Waals surface area (Å²) < 4.78 is 1.71. The van der Waals surface area contributed by atoms with Gasteiger partial charge in [0.25, 0.3) is 0 Å². The van der Waals surface area contributed by atoms with E-state index in [1.165, 1.54) is 0 Å². The third-order valence-corrected chi connectivity index (χ3v) is 3.25. The smallest absolute Gasteiger partial charge is 0.0832 e. The molecular formula is C12H12Cl2N2O. The van der Waals surface area contributed by atoms with Gasteiger partial charge in [0.2, 0.25) is 0 Å².